The van der Waals surface area contributed by atoms with Gasteiger partial charge < -0.3 is 19.9 Å². The number of hydrogen-bond donors (Lipinski definition) is 2. The largest absolute Gasteiger partial charge is 0.396 e. The molecule has 1 fully saturated rings. The lowest BCUT2D eigenvalue weighted by Crippen LogP contribution is -2.28. The summed E-state index contributed by atoms with van der Waals surface area (Å²) in [6.45, 7) is 1.89. The molecule has 9 heteroatoms. The number of aromatic nitrogens is 1. The number of aliphatic hydroxyl groups excluding tert-OH is 1. The van der Waals surface area contributed by atoms with Crippen LogP contribution in [0.2, 0.25) is 5.02 Å². The SMILES string of the molecule is O=C(NCCCC(F)(F)CCCCO)c1cn(CCN2CCCC2=O)c2cccc(Cl)c12. The number of nitrogens with one attached hydrogen (secondary N) is 1. The van der Waals surface area contributed by atoms with Gasteiger partial charge in [0, 0.05) is 63.6 Å². The lowest BCUT2D eigenvalue weighted by molar-refractivity contribution is -0.127. The first-order valence-corrected chi connectivity index (χ1v) is 11.5. The topological polar surface area (TPSA) is 74.6 Å². The first kappa shape index (κ1) is 24.5. The quantitative estimate of drug-likeness (QED) is 0.457. The maximum Gasteiger partial charge on any atom is 0.253 e. The van der Waals surface area contributed by atoms with Crippen molar-refractivity contribution in [3.8, 4) is 0 Å². The maximum absolute atomic E-state index is 13.9. The van der Waals surface area contributed by atoms with Gasteiger partial charge in [0.2, 0.25) is 11.8 Å². The van der Waals surface area contributed by atoms with E-state index in [0.717, 1.165) is 18.5 Å². The fourth-order valence-electron chi connectivity index (χ4n) is 4.10. The molecule has 1 aromatic heterocycles. The third kappa shape index (κ3) is 6.19. The summed E-state index contributed by atoms with van der Waals surface area (Å²) in [4.78, 5) is 26.5. The minimum absolute atomic E-state index is 0.0867. The van der Waals surface area contributed by atoms with Gasteiger partial charge in [-0.1, -0.05) is 17.7 Å². The van der Waals surface area contributed by atoms with Gasteiger partial charge in [-0.3, -0.25) is 9.59 Å². The smallest absolute Gasteiger partial charge is 0.253 e. The van der Waals surface area contributed by atoms with Crippen LogP contribution in [0, 0.1) is 0 Å². The normalized spacial score (nSPS) is 14.5. The zero-order valence-electron chi connectivity index (χ0n) is 18.1. The van der Waals surface area contributed by atoms with E-state index in [4.69, 9.17) is 16.7 Å². The van der Waals surface area contributed by atoms with Crippen LogP contribution >= 0.6 is 11.6 Å². The summed E-state index contributed by atoms with van der Waals surface area (Å²) in [7, 11) is 0. The van der Waals surface area contributed by atoms with Crippen LogP contribution in [0.25, 0.3) is 10.9 Å². The average Bonchev–Trinajstić information content (AvgIpc) is 3.34. The molecule has 0 bridgehead atoms. The van der Waals surface area contributed by atoms with E-state index in [1.54, 1.807) is 12.3 Å². The molecule has 2 aromatic rings. The standard InChI is InChI=1S/C23H30ClF2N3O3/c24-18-6-3-7-19-21(18)17(16-29(19)14-13-28-12-4-8-20(28)31)22(32)27-11-5-10-23(25,26)9-1-2-15-30/h3,6-7,16,30H,1-2,4-5,8-15H2,(H,27,32). The van der Waals surface area contributed by atoms with Crippen LogP contribution < -0.4 is 5.32 Å². The number of hydrogen-bond acceptors (Lipinski definition) is 3. The maximum atomic E-state index is 13.9. The number of unbranched alkanes of at least 4 members (excludes halogenated alkanes) is 1. The Morgan fingerprint density at radius 2 is 1.97 bits per heavy atom. The molecule has 0 unspecified atom stereocenters. The number of carbonyl (C=O) groups excluding carboxylic acids is 2. The zero-order chi connectivity index (χ0) is 23.1. The van der Waals surface area contributed by atoms with Crippen LogP contribution in [0.3, 0.4) is 0 Å². The molecule has 1 aliphatic heterocycles. The van der Waals surface area contributed by atoms with Crippen LogP contribution in [0.5, 0.6) is 0 Å². The fraction of sp³-hybridized carbons (Fsp3) is 0.565. The van der Waals surface area contributed by atoms with Gasteiger partial charge in [0.1, 0.15) is 0 Å². The molecule has 0 saturated carbocycles. The van der Waals surface area contributed by atoms with Crippen molar-refractivity contribution in [3.05, 3.63) is 35.0 Å². The zero-order valence-corrected chi connectivity index (χ0v) is 18.8. The molecular formula is C23H30ClF2N3O3. The van der Waals surface area contributed by atoms with Crippen LogP contribution in [0.1, 0.15) is 55.3 Å². The van der Waals surface area contributed by atoms with Gasteiger partial charge in [-0.15, -0.1) is 0 Å². The predicted molar refractivity (Wildman–Crippen MR) is 120 cm³/mol. The summed E-state index contributed by atoms with van der Waals surface area (Å²) >= 11 is 6.38. The number of halogens is 3. The first-order chi connectivity index (χ1) is 15.3. The Morgan fingerprint density at radius 1 is 1.19 bits per heavy atom. The Labute approximate surface area is 191 Å². The molecule has 6 nitrogen and oxygen atoms in total. The average molecular weight is 470 g/mol. The summed E-state index contributed by atoms with van der Waals surface area (Å²) in [6, 6.07) is 5.39. The Bertz CT molecular complexity index is 948. The molecule has 0 radical (unpaired) electrons. The molecule has 3 rings (SSSR count). The molecule has 0 spiro atoms. The number of rotatable bonds is 12. The number of carbonyl (C=O) groups is 2. The van der Waals surface area contributed by atoms with E-state index in [9.17, 15) is 18.4 Å². The van der Waals surface area contributed by atoms with Gasteiger partial charge in [-0.25, -0.2) is 8.78 Å². The number of aliphatic hydroxyl groups is 1. The van der Waals surface area contributed by atoms with Crippen molar-refractivity contribution in [2.45, 2.75) is 57.4 Å². The fourth-order valence-corrected chi connectivity index (χ4v) is 4.37. The summed E-state index contributed by atoms with van der Waals surface area (Å²) < 4.78 is 29.6. The molecule has 176 valence electrons. The Kier molecular flexibility index (Phi) is 8.48. The monoisotopic (exact) mass is 469 g/mol. The second kappa shape index (κ2) is 11.1. The van der Waals surface area contributed by atoms with Gasteiger partial charge in [-0.05, 0) is 37.8 Å². The highest BCUT2D eigenvalue weighted by molar-refractivity contribution is 6.36. The molecule has 2 N–H and O–H groups in total. The molecule has 32 heavy (non-hydrogen) atoms. The van der Waals surface area contributed by atoms with Gasteiger partial charge in [0.25, 0.3) is 5.91 Å². The first-order valence-electron chi connectivity index (χ1n) is 11.1. The van der Waals surface area contributed by atoms with Crippen LogP contribution in [0.15, 0.2) is 24.4 Å². The van der Waals surface area contributed by atoms with E-state index < -0.39 is 5.92 Å². The van der Waals surface area contributed by atoms with E-state index in [1.165, 1.54) is 0 Å². The Balaban J connectivity index is 1.62. The van der Waals surface area contributed by atoms with Crippen molar-refractivity contribution < 1.29 is 23.5 Å². The van der Waals surface area contributed by atoms with Crippen molar-refractivity contribution in [3.63, 3.8) is 0 Å². The highest BCUT2D eigenvalue weighted by Crippen LogP contribution is 2.29. The number of benzene rings is 1. The van der Waals surface area contributed by atoms with E-state index in [2.05, 4.69) is 5.32 Å². The minimum atomic E-state index is -2.80. The van der Waals surface area contributed by atoms with E-state index in [0.29, 0.717) is 41.9 Å². The highest BCUT2D eigenvalue weighted by atomic mass is 35.5. The predicted octanol–water partition coefficient (Wildman–Crippen LogP) is 4.23. The van der Waals surface area contributed by atoms with Crippen molar-refractivity contribution >= 4 is 34.3 Å². The summed E-state index contributed by atoms with van der Waals surface area (Å²) in [6.07, 6.45) is 3.38. The second-order valence-electron chi connectivity index (χ2n) is 8.25. The minimum Gasteiger partial charge on any atom is -0.396 e. The molecule has 2 heterocycles. The van der Waals surface area contributed by atoms with Crippen molar-refractivity contribution in [2.75, 3.05) is 26.2 Å². The third-order valence-electron chi connectivity index (χ3n) is 5.84. The van der Waals surface area contributed by atoms with E-state index >= 15 is 0 Å². The molecule has 0 atom stereocenters. The summed E-state index contributed by atoms with van der Waals surface area (Å²) in [5.41, 5.74) is 1.19. The summed E-state index contributed by atoms with van der Waals surface area (Å²) in [5.74, 6) is -3.01. The van der Waals surface area contributed by atoms with Crippen molar-refractivity contribution in [1.29, 1.82) is 0 Å². The van der Waals surface area contributed by atoms with Crippen molar-refractivity contribution in [2.24, 2.45) is 0 Å². The number of likely N-dealkylation sites (tertiary alicyclic amines) is 1. The van der Waals surface area contributed by atoms with Crippen LogP contribution in [-0.2, 0) is 11.3 Å². The van der Waals surface area contributed by atoms with Gasteiger partial charge in [0.05, 0.1) is 16.1 Å². The number of amides is 2. The van der Waals surface area contributed by atoms with Crippen molar-refractivity contribution in [1.82, 2.24) is 14.8 Å². The number of fused-ring (bicyclic) bond motifs is 1. The van der Waals surface area contributed by atoms with Crippen LogP contribution in [-0.4, -0.2) is 58.6 Å². The molecule has 1 aliphatic rings. The molecular weight excluding hydrogens is 440 g/mol. The highest BCUT2D eigenvalue weighted by Gasteiger charge is 2.27. The van der Waals surface area contributed by atoms with E-state index in [-0.39, 0.29) is 50.6 Å². The Hall–Kier alpha value is -2.19. The van der Waals surface area contributed by atoms with Crippen LogP contribution in [0.4, 0.5) is 8.78 Å². The van der Waals surface area contributed by atoms with E-state index in [1.807, 2.05) is 21.6 Å². The number of alkyl halides is 2. The van der Waals surface area contributed by atoms with Gasteiger partial charge in [-0.2, -0.15) is 0 Å². The summed E-state index contributed by atoms with van der Waals surface area (Å²) in [5, 5.41) is 12.5. The lowest BCUT2D eigenvalue weighted by Gasteiger charge is -2.16. The second-order valence-corrected chi connectivity index (χ2v) is 8.66. The third-order valence-corrected chi connectivity index (χ3v) is 6.15. The number of nitrogens with zero attached hydrogens (tertiary/aromatic N) is 2. The lowest BCUT2D eigenvalue weighted by atomic mass is 10.1. The molecule has 1 aromatic carbocycles. The Morgan fingerprint density at radius 3 is 2.69 bits per heavy atom. The molecule has 2 amide bonds. The molecule has 1 saturated heterocycles. The van der Waals surface area contributed by atoms with Gasteiger partial charge >= 0.3 is 0 Å². The molecule has 0 aliphatic carbocycles. The van der Waals surface area contributed by atoms with Gasteiger partial charge in [0.15, 0.2) is 0 Å².